The van der Waals surface area contributed by atoms with E-state index in [0.717, 1.165) is 0 Å². The fourth-order valence-electron chi connectivity index (χ4n) is 2.57. The van der Waals surface area contributed by atoms with Crippen LogP contribution in [0.15, 0.2) is 0 Å². The van der Waals surface area contributed by atoms with Gasteiger partial charge in [-0.15, -0.1) is 0 Å². The van der Waals surface area contributed by atoms with E-state index in [1.54, 1.807) is 30.5 Å². The summed E-state index contributed by atoms with van der Waals surface area (Å²) >= 11 is 0. The number of hydrogen-bond acceptors (Lipinski definition) is 5. The van der Waals surface area contributed by atoms with E-state index >= 15 is 0 Å². The van der Waals surface area contributed by atoms with Crippen LogP contribution in [0.25, 0.3) is 0 Å². The number of carboxylic acids is 1. The van der Waals surface area contributed by atoms with Crippen molar-refractivity contribution in [3.63, 3.8) is 0 Å². The fraction of sp³-hybridized carbons (Fsp3) is 0.615. The highest BCUT2D eigenvalue weighted by Gasteiger charge is 2.28. The molecule has 0 radical (unpaired) electrons. The number of aromatic carboxylic acids is 1. The first-order valence-corrected chi connectivity index (χ1v) is 6.89. The maximum absolute atomic E-state index is 11.7. The summed E-state index contributed by atoms with van der Waals surface area (Å²) in [6.45, 7) is 5.91. The molecule has 0 aromatic carbocycles. The van der Waals surface area contributed by atoms with Crippen LogP contribution in [-0.2, 0) is 11.8 Å². The summed E-state index contributed by atoms with van der Waals surface area (Å²) in [5.41, 5.74) is 0.718. The van der Waals surface area contributed by atoms with E-state index in [4.69, 9.17) is 4.74 Å². The topological polar surface area (TPSA) is 87.9 Å². The molecule has 8 nitrogen and oxygen atoms in total. The SMILES string of the molecule is CCOC(=O)N1CCN(c2c(C(=O)O)c(C)nn2C)CC1. The highest BCUT2D eigenvalue weighted by molar-refractivity contribution is 5.95. The van der Waals surface area contributed by atoms with Crippen molar-refractivity contribution >= 4 is 17.9 Å². The van der Waals surface area contributed by atoms with Gasteiger partial charge in [0.05, 0.1) is 12.3 Å². The number of anilines is 1. The zero-order valence-corrected chi connectivity index (χ0v) is 12.5. The van der Waals surface area contributed by atoms with Crippen molar-refractivity contribution in [2.45, 2.75) is 13.8 Å². The Hall–Kier alpha value is -2.25. The van der Waals surface area contributed by atoms with Crippen LogP contribution in [-0.4, -0.2) is 64.6 Å². The molecule has 2 heterocycles. The number of carbonyl (C=O) groups is 2. The second-order valence-electron chi connectivity index (χ2n) is 4.89. The lowest BCUT2D eigenvalue weighted by Gasteiger charge is -2.35. The van der Waals surface area contributed by atoms with Crippen LogP contribution >= 0.6 is 0 Å². The Labute approximate surface area is 122 Å². The first-order chi connectivity index (χ1) is 9.95. The number of aryl methyl sites for hydroxylation is 2. The summed E-state index contributed by atoms with van der Waals surface area (Å²) in [6.07, 6.45) is -0.322. The Morgan fingerprint density at radius 2 is 1.90 bits per heavy atom. The van der Waals surface area contributed by atoms with Crippen LogP contribution in [0.4, 0.5) is 10.6 Å². The molecule has 0 aliphatic carbocycles. The number of hydrogen-bond donors (Lipinski definition) is 1. The predicted molar refractivity (Wildman–Crippen MR) is 75.7 cm³/mol. The minimum atomic E-state index is -0.983. The summed E-state index contributed by atoms with van der Waals surface area (Å²) in [6, 6.07) is 0. The molecule has 1 aromatic rings. The number of nitrogens with zero attached hydrogens (tertiary/aromatic N) is 4. The second-order valence-corrected chi connectivity index (χ2v) is 4.89. The number of piperazine rings is 1. The molecule has 8 heteroatoms. The molecule has 0 saturated carbocycles. The van der Waals surface area contributed by atoms with Crippen molar-refractivity contribution in [2.24, 2.45) is 7.05 Å². The van der Waals surface area contributed by atoms with Crippen LogP contribution in [0.2, 0.25) is 0 Å². The molecular formula is C13H20N4O4. The Balaban J connectivity index is 2.13. The van der Waals surface area contributed by atoms with E-state index in [-0.39, 0.29) is 11.7 Å². The standard InChI is InChI=1S/C13H20N4O4/c1-4-21-13(20)17-7-5-16(6-8-17)11-10(12(18)19)9(2)14-15(11)3/h4-8H2,1-3H3,(H,18,19). The third kappa shape index (κ3) is 2.93. The van der Waals surface area contributed by atoms with Gasteiger partial charge in [-0.3, -0.25) is 4.68 Å². The lowest BCUT2D eigenvalue weighted by atomic mass is 10.2. The van der Waals surface area contributed by atoms with Crippen LogP contribution < -0.4 is 4.90 Å². The van der Waals surface area contributed by atoms with Gasteiger partial charge in [0.15, 0.2) is 0 Å². The van der Waals surface area contributed by atoms with Crippen molar-refractivity contribution in [1.29, 1.82) is 0 Å². The van der Waals surface area contributed by atoms with Crippen molar-refractivity contribution in [3.05, 3.63) is 11.3 Å². The fourth-order valence-corrected chi connectivity index (χ4v) is 2.57. The third-order valence-corrected chi connectivity index (χ3v) is 3.51. The lowest BCUT2D eigenvalue weighted by Crippen LogP contribution is -2.49. The van der Waals surface area contributed by atoms with E-state index in [2.05, 4.69) is 5.10 Å². The first-order valence-electron chi connectivity index (χ1n) is 6.89. The smallest absolute Gasteiger partial charge is 0.409 e. The van der Waals surface area contributed by atoms with E-state index in [1.165, 1.54) is 0 Å². The predicted octanol–water partition coefficient (Wildman–Crippen LogP) is 0.705. The number of ether oxygens (including phenoxy) is 1. The van der Waals surface area contributed by atoms with E-state index in [1.807, 2.05) is 4.90 Å². The molecule has 0 unspecified atom stereocenters. The molecule has 1 aliphatic rings. The first kappa shape index (κ1) is 15.1. The van der Waals surface area contributed by atoms with Crippen molar-refractivity contribution in [1.82, 2.24) is 14.7 Å². The molecule has 0 bridgehead atoms. The van der Waals surface area contributed by atoms with Crippen molar-refractivity contribution in [3.8, 4) is 0 Å². The number of aromatic nitrogens is 2. The normalized spacial score (nSPS) is 15.2. The van der Waals surface area contributed by atoms with E-state index in [9.17, 15) is 14.7 Å². The number of rotatable bonds is 3. The highest BCUT2D eigenvalue weighted by Crippen LogP contribution is 2.24. The zero-order chi connectivity index (χ0) is 15.6. The molecule has 2 rings (SSSR count). The van der Waals surface area contributed by atoms with Gasteiger partial charge in [0.2, 0.25) is 0 Å². The second kappa shape index (κ2) is 6.02. The molecule has 1 aromatic heterocycles. The molecule has 21 heavy (non-hydrogen) atoms. The molecule has 1 saturated heterocycles. The summed E-state index contributed by atoms with van der Waals surface area (Å²) in [5, 5.41) is 13.5. The average molecular weight is 296 g/mol. The van der Waals surface area contributed by atoms with Gasteiger partial charge in [0.25, 0.3) is 0 Å². The molecule has 1 amide bonds. The lowest BCUT2D eigenvalue weighted by molar-refractivity contribution is 0.0695. The van der Waals surface area contributed by atoms with Crippen molar-refractivity contribution in [2.75, 3.05) is 37.7 Å². The van der Waals surface area contributed by atoms with Gasteiger partial charge >= 0.3 is 12.1 Å². The zero-order valence-electron chi connectivity index (χ0n) is 12.5. The van der Waals surface area contributed by atoms with E-state index < -0.39 is 5.97 Å². The van der Waals surface area contributed by atoms with Gasteiger partial charge < -0.3 is 19.6 Å². The van der Waals surface area contributed by atoms with Gasteiger partial charge in [0, 0.05) is 33.2 Å². The molecule has 1 fully saturated rings. The highest BCUT2D eigenvalue weighted by atomic mass is 16.6. The molecule has 0 atom stereocenters. The summed E-state index contributed by atoms with van der Waals surface area (Å²) in [4.78, 5) is 26.6. The Bertz CT molecular complexity index is 547. The van der Waals surface area contributed by atoms with Gasteiger partial charge in [-0.1, -0.05) is 0 Å². The average Bonchev–Trinajstić information content (AvgIpc) is 2.74. The number of carboxylic acid groups (broad SMARTS) is 1. The summed E-state index contributed by atoms with van der Waals surface area (Å²) in [7, 11) is 1.73. The van der Waals surface area contributed by atoms with Gasteiger partial charge in [-0.2, -0.15) is 5.10 Å². The van der Waals surface area contributed by atoms with Crippen LogP contribution in [0.1, 0.15) is 23.0 Å². The van der Waals surface area contributed by atoms with Gasteiger partial charge in [-0.05, 0) is 13.8 Å². The van der Waals surface area contributed by atoms with Gasteiger partial charge in [0.1, 0.15) is 11.4 Å². The van der Waals surface area contributed by atoms with Crippen LogP contribution in [0, 0.1) is 6.92 Å². The maximum atomic E-state index is 11.7. The summed E-state index contributed by atoms with van der Waals surface area (Å²) < 4.78 is 6.55. The Morgan fingerprint density at radius 3 is 2.43 bits per heavy atom. The minimum absolute atomic E-state index is 0.224. The quantitative estimate of drug-likeness (QED) is 0.883. The monoisotopic (exact) mass is 296 g/mol. The number of carbonyl (C=O) groups excluding carboxylic acids is 1. The Kier molecular flexibility index (Phi) is 4.35. The van der Waals surface area contributed by atoms with Gasteiger partial charge in [-0.25, -0.2) is 9.59 Å². The van der Waals surface area contributed by atoms with Crippen LogP contribution in [0.3, 0.4) is 0 Å². The molecule has 1 aliphatic heterocycles. The van der Waals surface area contributed by atoms with Crippen LogP contribution in [0.5, 0.6) is 0 Å². The molecule has 1 N–H and O–H groups in total. The largest absolute Gasteiger partial charge is 0.477 e. The summed E-state index contributed by atoms with van der Waals surface area (Å²) in [5.74, 6) is -0.396. The minimum Gasteiger partial charge on any atom is -0.477 e. The Morgan fingerprint density at radius 1 is 1.29 bits per heavy atom. The van der Waals surface area contributed by atoms with Crippen molar-refractivity contribution < 1.29 is 19.4 Å². The molecule has 116 valence electrons. The van der Waals surface area contributed by atoms with E-state index in [0.29, 0.717) is 44.3 Å². The maximum Gasteiger partial charge on any atom is 0.409 e. The molecular weight excluding hydrogens is 276 g/mol. The molecule has 0 spiro atoms. The third-order valence-electron chi connectivity index (χ3n) is 3.51. The number of amides is 1.